The molecule has 1 aromatic heterocycles. The Morgan fingerprint density at radius 3 is 2.28 bits per heavy atom. The van der Waals surface area contributed by atoms with Crippen LogP contribution in [0.25, 0.3) is 10.1 Å². The van der Waals surface area contributed by atoms with Gasteiger partial charge in [0.25, 0.3) is 11.8 Å². The second kappa shape index (κ2) is 15.0. The highest BCUT2D eigenvalue weighted by molar-refractivity contribution is 7.52. The van der Waals surface area contributed by atoms with Crippen molar-refractivity contribution in [3.63, 3.8) is 0 Å². The number of hydrogen-bond acceptors (Lipinski definition) is 7. The zero-order valence-electron chi connectivity index (χ0n) is 26.2. The summed E-state index contributed by atoms with van der Waals surface area (Å²) >= 11 is 1.07. The van der Waals surface area contributed by atoms with Gasteiger partial charge in [-0.1, -0.05) is 19.9 Å². The quantitative estimate of drug-likeness (QED) is 0.251. The molecule has 47 heavy (non-hydrogen) atoms. The molecule has 3 saturated heterocycles. The van der Waals surface area contributed by atoms with Crippen LogP contribution in [-0.4, -0.2) is 113 Å². The number of rotatable bonds is 10. The number of nitrogens with zero attached hydrogens (tertiary/aromatic N) is 3. The Morgan fingerprint density at radius 2 is 1.70 bits per heavy atom. The van der Waals surface area contributed by atoms with E-state index >= 15 is 0 Å². The van der Waals surface area contributed by atoms with E-state index in [-0.39, 0.29) is 29.3 Å². The molecule has 0 unspecified atom stereocenters. The molecular weight excluding hydrogens is 664 g/mol. The zero-order chi connectivity index (χ0) is 34.6. The monoisotopic (exact) mass is 704 g/mol. The topological polar surface area (TPSA) is 157 Å². The fraction of sp³-hybridized carbons (Fsp3) is 0.600. The molecule has 12 nitrogen and oxygen atoms in total. The fourth-order valence-electron chi connectivity index (χ4n) is 5.51. The molecule has 1 aromatic carbocycles. The molecule has 4 heterocycles. The van der Waals surface area contributed by atoms with Crippen molar-refractivity contribution < 1.29 is 51.4 Å². The van der Waals surface area contributed by atoms with Gasteiger partial charge >= 0.3 is 13.3 Å². The van der Waals surface area contributed by atoms with Crippen molar-refractivity contribution in [1.29, 1.82) is 0 Å². The van der Waals surface area contributed by atoms with E-state index in [9.17, 15) is 36.9 Å². The average Bonchev–Trinajstić information content (AvgIpc) is 3.71. The molecule has 3 aliphatic heterocycles. The van der Waals surface area contributed by atoms with E-state index in [2.05, 4.69) is 5.32 Å². The maximum Gasteiger partial charge on any atom is 0.399 e. The molecule has 5 rings (SSSR count). The lowest BCUT2D eigenvalue weighted by molar-refractivity contribution is -0.162. The summed E-state index contributed by atoms with van der Waals surface area (Å²) in [6, 6.07) is 3.97. The Hall–Kier alpha value is -3.04. The van der Waals surface area contributed by atoms with Gasteiger partial charge in [0, 0.05) is 36.4 Å². The number of fused-ring (bicyclic) bond motifs is 1. The second-order valence-corrected chi connectivity index (χ2v) is 15.1. The third kappa shape index (κ3) is 8.71. The number of carbonyl (C=O) groups excluding carboxylic acids is 4. The third-order valence-corrected chi connectivity index (χ3v) is 10.3. The van der Waals surface area contributed by atoms with Crippen molar-refractivity contribution in [2.75, 3.05) is 52.5 Å². The SMILES string of the molecule is CC(C)CC[C@H](NC(=O)c1cc2cc(C(F)(F)P(=O)(O)O)ccc2s1)C(=O)N1CCCC1.O=CN1CC(F)(C(=O)N2CCOCC2)C1. The van der Waals surface area contributed by atoms with Gasteiger partial charge in [0.1, 0.15) is 6.04 Å². The number of thiophene rings is 1. The van der Waals surface area contributed by atoms with E-state index < -0.39 is 42.3 Å². The predicted octanol–water partition coefficient (Wildman–Crippen LogP) is 3.31. The van der Waals surface area contributed by atoms with Gasteiger partial charge in [0.05, 0.1) is 31.2 Å². The number of benzene rings is 1. The van der Waals surface area contributed by atoms with E-state index in [0.29, 0.717) is 62.8 Å². The predicted molar refractivity (Wildman–Crippen MR) is 168 cm³/mol. The van der Waals surface area contributed by atoms with Crippen LogP contribution in [0.4, 0.5) is 13.2 Å². The number of alkyl halides is 3. The molecule has 3 N–H and O–H groups in total. The van der Waals surface area contributed by atoms with E-state index in [1.165, 1.54) is 21.9 Å². The maximum absolute atomic E-state index is 14.0. The van der Waals surface area contributed by atoms with Crippen molar-refractivity contribution in [1.82, 2.24) is 20.0 Å². The smallest absolute Gasteiger partial charge is 0.378 e. The van der Waals surface area contributed by atoms with Crippen molar-refractivity contribution in [2.45, 2.75) is 56.9 Å². The van der Waals surface area contributed by atoms with Gasteiger partial charge in [-0.2, -0.15) is 8.78 Å². The van der Waals surface area contributed by atoms with Gasteiger partial charge in [0.15, 0.2) is 0 Å². The number of likely N-dealkylation sites (tertiary alicyclic amines) is 2. The molecule has 4 amide bonds. The van der Waals surface area contributed by atoms with Gasteiger partial charge in [-0.05, 0) is 55.2 Å². The van der Waals surface area contributed by atoms with E-state index in [4.69, 9.17) is 14.5 Å². The van der Waals surface area contributed by atoms with Crippen LogP contribution in [0, 0.1) is 5.92 Å². The molecule has 3 aliphatic rings. The highest BCUT2D eigenvalue weighted by Crippen LogP contribution is 2.59. The molecular formula is C30H40F3N4O8PS. The number of carbonyl (C=O) groups is 4. The summed E-state index contributed by atoms with van der Waals surface area (Å²) in [6.45, 7) is 6.97. The lowest BCUT2D eigenvalue weighted by Crippen LogP contribution is -2.66. The van der Waals surface area contributed by atoms with E-state index in [1.807, 2.05) is 13.8 Å². The zero-order valence-corrected chi connectivity index (χ0v) is 27.9. The van der Waals surface area contributed by atoms with Crippen LogP contribution in [0.15, 0.2) is 24.3 Å². The summed E-state index contributed by atoms with van der Waals surface area (Å²) in [5.74, 6) is -0.736. The molecule has 0 aliphatic carbocycles. The lowest BCUT2D eigenvalue weighted by atomic mass is 9.95. The first-order chi connectivity index (χ1) is 22.1. The van der Waals surface area contributed by atoms with Crippen LogP contribution in [0.3, 0.4) is 0 Å². The highest BCUT2D eigenvalue weighted by Gasteiger charge is 2.52. The summed E-state index contributed by atoms with van der Waals surface area (Å²) in [6.07, 6.45) is 3.70. The van der Waals surface area contributed by atoms with Crippen molar-refractivity contribution in [2.24, 2.45) is 5.92 Å². The number of hydrogen-bond donors (Lipinski definition) is 3. The third-order valence-electron chi connectivity index (χ3n) is 8.25. The molecule has 260 valence electrons. The first kappa shape index (κ1) is 36.8. The Kier molecular flexibility index (Phi) is 11.8. The Balaban J connectivity index is 0.000000277. The minimum atomic E-state index is -5.69. The van der Waals surface area contributed by atoms with Gasteiger partial charge in [-0.25, -0.2) is 4.39 Å². The average molecular weight is 705 g/mol. The minimum Gasteiger partial charge on any atom is -0.378 e. The molecule has 0 spiro atoms. The first-order valence-corrected chi connectivity index (χ1v) is 17.8. The van der Waals surface area contributed by atoms with E-state index in [0.717, 1.165) is 42.7 Å². The van der Waals surface area contributed by atoms with Gasteiger partial charge in [-0.3, -0.25) is 23.7 Å². The number of ether oxygens (including phenoxy) is 1. The van der Waals surface area contributed by atoms with Gasteiger partial charge < -0.3 is 34.5 Å². The van der Waals surface area contributed by atoms with Crippen LogP contribution in [-0.2, 0) is 29.3 Å². The Bertz CT molecular complexity index is 1500. The summed E-state index contributed by atoms with van der Waals surface area (Å²) in [5.41, 5.74) is -7.00. The number of nitrogens with one attached hydrogen (secondary N) is 1. The van der Waals surface area contributed by atoms with Crippen molar-refractivity contribution in [3.05, 3.63) is 34.7 Å². The van der Waals surface area contributed by atoms with Crippen LogP contribution >= 0.6 is 18.9 Å². The summed E-state index contributed by atoms with van der Waals surface area (Å²) in [5, 5.41) is 3.08. The maximum atomic E-state index is 14.0. The van der Waals surface area contributed by atoms with Crippen LogP contribution in [0.1, 0.15) is 54.8 Å². The van der Waals surface area contributed by atoms with Crippen LogP contribution in [0.5, 0.6) is 0 Å². The molecule has 3 fully saturated rings. The highest BCUT2D eigenvalue weighted by atomic mass is 32.1. The fourth-order valence-corrected chi connectivity index (χ4v) is 6.93. The number of amides is 4. The molecule has 0 saturated carbocycles. The van der Waals surface area contributed by atoms with E-state index in [1.54, 1.807) is 4.90 Å². The normalized spacial score (nSPS) is 18.8. The molecule has 0 radical (unpaired) electrons. The summed E-state index contributed by atoms with van der Waals surface area (Å²) < 4.78 is 58.7. The summed E-state index contributed by atoms with van der Waals surface area (Å²) in [4.78, 5) is 70.4. The van der Waals surface area contributed by atoms with Crippen LogP contribution < -0.4 is 5.32 Å². The molecule has 17 heteroatoms. The van der Waals surface area contributed by atoms with Crippen molar-refractivity contribution >= 4 is 53.2 Å². The second-order valence-electron chi connectivity index (χ2n) is 12.4. The number of morpholine rings is 1. The Labute approximate surface area is 274 Å². The summed E-state index contributed by atoms with van der Waals surface area (Å²) in [7, 11) is -5.69. The first-order valence-electron chi connectivity index (χ1n) is 15.4. The van der Waals surface area contributed by atoms with Crippen molar-refractivity contribution in [3.8, 4) is 0 Å². The Morgan fingerprint density at radius 1 is 1.06 bits per heavy atom. The van der Waals surface area contributed by atoms with Gasteiger partial charge in [-0.15, -0.1) is 11.3 Å². The number of halogens is 3. The molecule has 0 bridgehead atoms. The standard InChI is InChI=1S/C21H27F2N2O5PS.C9H13FN2O3/c1-13(2)5-7-16(20(27)25-9-3-4-10-25)24-19(26)18-12-14-11-15(6-8-17(14)32-18)21(22,23)31(28,29)30;10-9(5-11(6-9)7-13)8(14)12-1-3-15-4-2-12/h6,8,11-13,16H,3-5,7,9-10H2,1-2H3,(H,24,26)(H2,28,29,30);7H,1-6H2/t16-;/m0./s1. The van der Waals surface area contributed by atoms with Crippen LogP contribution in [0.2, 0.25) is 0 Å². The molecule has 2 aromatic rings. The minimum absolute atomic E-state index is 0.110. The lowest BCUT2D eigenvalue weighted by Gasteiger charge is -2.43. The largest absolute Gasteiger partial charge is 0.399 e. The molecule has 1 atom stereocenters. The van der Waals surface area contributed by atoms with Gasteiger partial charge in [0.2, 0.25) is 18.0 Å².